The van der Waals surface area contributed by atoms with Crippen molar-refractivity contribution in [3.8, 4) is 0 Å². The first-order valence-electron chi connectivity index (χ1n) is 6.23. The summed E-state index contributed by atoms with van der Waals surface area (Å²) in [4.78, 5) is 4.68. The van der Waals surface area contributed by atoms with E-state index in [2.05, 4.69) is 49.0 Å². The van der Waals surface area contributed by atoms with Crippen molar-refractivity contribution in [1.82, 2.24) is 9.38 Å². The lowest BCUT2D eigenvalue weighted by Crippen LogP contribution is -2.00. The average molecular weight is 395 g/mol. The third kappa shape index (κ3) is 2.25. The van der Waals surface area contributed by atoms with Crippen LogP contribution in [0.15, 0.2) is 45.3 Å². The first-order valence-corrected chi connectivity index (χ1v) is 7.82. The van der Waals surface area contributed by atoms with Gasteiger partial charge in [-0.2, -0.15) is 0 Å². The molecule has 2 aromatic heterocycles. The molecule has 102 valence electrons. The summed E-state index contributed by atoms with van der Waals surface area (Å²) >= 11 is 7.09. The maximum absolute atomic E-state index is 6.28. The molecule has 0 aliphatic heterocycles. The average Bonchev–Trinajstić information content (AvgIpc) is 2.76. The molecular formula is C15H13Br2N3. The summed E-state index contributed by atoms with van der Waals surface area (Å²) < 4.78 is 3.92. The van der Waals surface area contributed by atoms with Gasteiger partial charge in [0.25, 0.3) is 0 Å². The number of fused-ring (bicyclic) bond motifs is 1. The van der Waals surface area contributed by atoms with Gasteiger partial charge in [-0.3, -0.25) is 4.40 Å². The highest BCUT2D eigenvalue weighted by atomic mass is 79.9. The van der Waals surface area contributed by atoms with Crippen LogP contribution in [-0.2, 0) is 6.42 Å². The van der Waals surface area contributed by atoms with Crippen LogP contribution >= 0.6 is 31.9 Å². The molecule has 3 rings (SSSR count). The molecule has 0 saturated heterocycles. The van der Waals surface area contributed by atoms with Gasteiger partial charge in [-0.25, -0.2) is 4.98 Å². The third-order valence-corrected chi connectivity index (χ3v) is 4.74. The second-order valence-corrected chi connectivity index (χ2v) is 6.40. The SMILES string of the molecule is Cc1c(Br)cc(Br)c2nc(Cc3ccccc3)c(N)n12. The first-order chi connectivity index (χ1) is 9.58. The Bertz CT molecular complexity index is 779. The van der Waals surface area contributed by atoms with Crippen LogP contribution in [0.3, 0.4) is 0 Å². The Kier molecular flexibility index (Phi) is 3.56. The number of halogens is 2. The largest absolute Gasteiger partial charge is 0.383 e. The van der Waals surface area contributed by atoms with E-state index in [-0.39, 0.29) is 0 Å². The van der Waals surface area contributed by atoms with Crippen molar-refractivity contribution >= 4 is 43.3 Å². The van der Waals surface area contributed by atoms with Gasteiger partial charge in [-0.1, -0.05) is 30.3 Å². The molecule has 2 N–H and O–H groups in total. The second-order valence-electron chi connectivity index (χ2n) is 4.69. The second kappa shape index (κ2) is 5.22. The van der Waals surface area contributed by atoms with Crippen LogP contribution in [0.5, 0.6) is 0 Å². The fourth-order valence-corrected chi connectivity index (χ4v) is 3.49. The van der Waals surface area contributed by atoms with E-state index in [1.54, 1.807) is 0 Å². The van der Waals surface area contributed by atoms with Crippen molar-refractivity contribution in [2.45, 2.75) is 13.3 Å². The number of imidazole rings is 1. The maximum atomic E-state index is 6.28. The zero-order chi connectivity index (χ0) is 14.3. The third-order valence-electron chi connectivity index (χ3n) is 3.35. The zero-order valence-corrected chi connectivity index (χ0v) is 14.1. The molecular weight excluding hydrogens is 382 g/mol. The van der Waals surface area contributed by atoms with E-state index < -0.39 is 0 Å². The summed E-state index contributed by atoms with van der Waals surface area (Å²) in [6.07, 6.45) is 0.734. The number of nitrogens with zero attached hydrogens (tertiary/aromatic N) is 2. The lowest BCUT2D eigenvalue weighted by Gasteiger charge is -2.06. The molecule has 3 nitrogen and oxygen atoms in total. The van der Waals surface area contributed by atoms with Gasteiger partial charge in [0.05, 0.1) is 10.2 Å². The predicted octanol–water partition coefficient (Wildman–Crippen LogP) is 4.34. The lowest BCUT2D eigenvalue weighted by molar-refractivity contribution is 1.08. The standard InChI is InChI=1S/C15H13Br2N3/c1-9-11(16)8-12(17)15-19-13(14(18)20(9)15)7-10-5-3-2-4-6-10/h2-6,8H,7,18H2,1H3. The number of pyridine rings is 1. The van der Waals surface area contributed by atoms with Gasteiger partial charge in [0.2, 0.25) is 0 Å². The van der Waals surface area contributed by atoms with Gasteiger partial charge in [0.1, 0.15) is 5.82 Å². The summed E-state index contributed by atoms with van der Waals surface area (Å²) in [6.45, 7) is 2.02. The molecule has 20 heavy (non-hydrogen) atoms. The Hall–Kier alpha value is -1.33. The number of anilines is 1. The van der Waals surface area contributed by atoms with Crippen molar-refractivity contribution in [3.63, 3.8) is 0 Å². The zero-order valence-electron chi connectivity index (χ0n) is 10.9. The van der Waals surface area contributed by atoms with Crippen LogP contribution in [0, 0.1) is 6.92 Å². The number of aromatic nitrogens is 2. The molecule has 0 fully saturated rings. The topological polar surface area (TPSA) is 43.3 Å². The van der Waals surface area contributed by atoms with E-state index in [0.717, 1.165) is 32.4 Å². The number of rotatable bonds is 2. The number of nitrogen functional groups attached to an aromatic ring is 1. The molecule has 0 bridgehead atoms. The molecule has 0 saturated carbocycles. The number of nitrogens with two attached hydrogens (primary N) is 1. The molecule has 2 heterocycles. The Labute approximate surface area is 134 Å². The van der Waals surface area contributed by atoms with Crippen LogP contribution in [0.25, 0.3) is 5.65 Å². The van der Waals surface area contributed by atoms with E-state index in [4.69, 9.17) is 5.73 Å². The number of hydrogen-bond acceptors (Lipinski definition) is 2. The fourth-order valence-electron chi connectivity index (χ4n) is 2.28. The molecule has 3 aromatic rings. The molecule has 0 aliphatic carbocycles. The smallest absolute Gasteiger partial charge is 0.153 e. The molecule has 0 atom stereocenters. The van der Waals surface area contributed by atoms with Crippen LogP contribution in [0.1, 0.15) is 17.0 Å². The molecule has 0 amide bonds. The van der Waals surface area contributed by atoms with Crippen LogP contribution in [-0.4, -0.2) is 9.38 Å². The van der Waals surface area contributed by atoms with Crippen LogP contribution < -0.4 is 5.73 Å². The molecule has 0 spiro atoms. The van der Waals surface area contributed by atoms with Gasteiger partial charge in [-0.05, 0) is 50.4 Å². The minimum Gasteiger partial charge on any atom is -0.383 e. The van der Waals surface area contributed by atoms with Crippen molar-refractivity contribution in [2.75, 3.05) is 5.73 Å². The van der Waals surface area contributed by atoms with Crippen LogP contribution in [0.4, 0.5) is 5.82 Å². The summed E-state index contributed by atoms with van der Waals surface area (Å²) in [5.74, 6) is 0.698. The lowest BCUT2D eigenvalue weighted by atomic mass is 10.1. The Morgan fingerprint density at radius 1 is 1.15 bits per heavy atom. The van der Waals surface area contributed by atoms with E-state index in [9.17, 15) is 0 Å². The summed E-state index contributed by atoms with van der Waals surface area (Å²) in [5.41, 5.74) is 10.3. The minimum absolute atomic E-state index is 0.698. The fraction of sp³-hybridized carbons (Fsp3) is 0.133. The monoisotopic (exact) mass is 393 g/mol. The van der Waals surface area contributed by atoms with Gasteiger partial charge in [0, 0.05) is 16.6 Å². The maximum Gasteiger partial charge on any atom is 0.153 e. The van der Waals surface area contributed by atoms with E-state index in [1.807, 2.05) is 35.6 Å². The summed E-state index contributed by atoms with van der Waals surface area (Å²) in [7, 11) is 0. The first kappa shape index (κ1) is 13.6. The number of aryl methyl sites for hydroxylation is 1. The number of hydrogen-bond donors (Lipinski definition) is 1. The Morgan fingerprint density at radius 3 is 2.55 bits per heavy atom. The van der Waals surface area contributed by atoms with E-state index >= 15 is 0 Å². The molecule has 0 unspecified atom stereocenters. The highest BCUT2D eigenvalue weighted by molar-refractivity contribution is 9.11. The minimum atomic E-state index is 0.698. The molecule has 0 aliphatic rings. The summed E-state index contributed by atoms with van der Waals surface area (Å²) in [6, 6.07) is 12.2. The van der Waals surface area contributed by atoms with Gasteiger partial charge in [0.15, 0.2) is 5.65 Å². The molecule has 0 radical (unpaired) electrons. The molecule has 5 heteroatoms. The van der Waals surface area contributed by atoms with E-state index in [1.165, 1.54) is 5.56 Å². The molecule has 1 aromatic carbocycles. The predicted molar refractivity (Wildman–Crippen MR) is 89.0 cm³/mol. The Balaban J connectivity index is 2.16. The highest BCUT2D eigenvalue weighted by Gasteiger charge is 2.15. The summed E-state index contributed by atoms with van der Waals surface area (Å²) in [5, 5.41) is 0. The quantitative estimate of drug-likeness (QED) is 0.702. The van der Waals surface area contributed by atoms with Crippen molar-refractivity contribution < 1.29 is 0 Å². The van der Waals surface area contributed by atoms with Crippen LogP contribution in [0.2, 0.25) is 0 Å². The highest BCUT2D eigenvalue weighted by Crippen LogP contribution is 2.30. The van der Waals surface area contributed by atoms with Gasteiger partial charge in [-0.15, -0.1) is 0 Å². The van der Waals surface area contributed by atoms with Crippen molar-refractivity contribution in [3.05, 3.63) is 62.3 Å². The van der Waals surface area contributed by atoms with Crippen molar-refractivity contribution in [2.24, 2.45) is 0 Å². The number of benzene rings is 1. The van der Waals surface area contributed by atoms with Gasteiger partial charge < -0.3 is 5.73 Å². The normalized spacial score (nSPS) is 11.2. The Morgan fingerprint density at radius 2 is 1.85 bits per heavy atom. The van der Waals surface area contributed by atoms with Crippen molar-refractivity contribution in [1.29, 1.82) is 0 Å². The van der Waals surface area contributed by atoms with E-state index in [0.29, 0.717) is 5.82 Å². The van der Waals surface area contributed by atoms with Gasteiger partial charge >= 0.3 is 0 Å².